The topological polar surface area (TPSA) is 54.4 Å². The van der Waals surface area contributed by atoms with E-state index in [1.54, 1.807) is 24.5 Å². The van der Waals surface area contributed by atoms with Crippen molar-refractivity contribution in [3.05, 3.63) is 50.9 Å². The number of hydrazone groups is 1. The van der Waals surface area contributed by atoms with Gasteiger partial charge in [0.2, 0.25) is 0 Å². The van der Waals surface area contributed by atoms with Gasteiger partial charge in [-0.15, -0.1) is 11.3 Å². The summed E-state index contributed by atoms with van der Waals surface area (Å²) in [6.45, 7) is 0. The summed E-state index contributed by atoms with van der Waals surface area (Å²) in [5.74, 6) is -0.273. The zero-order valence-corrected chi connectivity index (χ0v) is 11.0. The average Bonchev–Trinajstić information content (AvgIpc) is 2.76. The highest BCUT2D eigenvalue weighted by atomic mass is 79.9. The van der Waals surface area contributed by atoms with Gasteiger partial charge in [0.1, 0.15) is 0 Å². The third kappa shape index (κ3) is 3.47. The molecule has 2 rings (SSSR count). The lowest BCUT2D eigenvalue weighted by atomic mass is 10.3. The van der Waals surface area contributed by atoms with Crippen molar-refractivity contribution in [3.8, 4) is 0 Å². The minimum atomic E-state index is -0.273. The number of carbonyl (C=O) groups excluding carboxylic acids is 1. The predicted molar refractivity (Wildman–Crippen MR) is 71.3 cm³/mol. The van der Waals surface area contributed by atoms with E-state index in [1.807, 2.05) is 11.4 Å². The van der Waals surface area contributed by atoms with Crippen LogP contribution in [0, 0.1) is 0 Å². The van der Waals surface area contributed by atoms with Crippen LogP contribution in [0.15, 0.2) is 45.5 Å². The highest BCUT2D eigenvalue weighted by Crippen LogP contribution is 2.17. The minimum absolute atomic E-state index is 0.273. The molecule has 0 aliphatic rings. The summed E-state index contributed by atoms with van der Waals surface area (Å²) in [7, 11) is 0. The number of nitrogens with one attached hydrogen (secondary N) is 1. The predicted octanol–water partition coefficient (Wildman–Crippen LogP) is 2.67. The molecular formula is C11H8BrN3OS. The van der Waals surface area contributed by atoms with Crippen LogP contribution in [-0.4, -0.2) is 17.1 Å². The van der Waals surface area contributed by atoms with Crippen LogP contribution in [0.1, 0.15) is 15.2 Å². The largest absolute Gasteiger partial charge is 0.272 e. The van der Waals surface area contributed by atoms with Crippen LogP contribution < -0.4 is 5.43 Å². The number of carbonyl (C=O) groups is 1. The van der Waals surface area contributed by atoms with E-state index in [2.05, 4.69) is 31.4 Å². The van der Waals surface area contributed by atoms with Gasteiger partial charge in [0.25, 0.3) is 5.91 Å². The second kappa shape index (κ2) is 5.70. The summed E-state index contributed by atoms with van der Waals surface area (Å²) in [4.78, 5) is 16.4. The number of amides is 1. The van der Waals surface area contributed by atoms with Crippen LogP contribution in [0.25, 0.3) is 0 Å². The maximum atomic E-state index is 11.6. The van der Waals surface area contributed by atoms with Crippen LogP contribution in [0.4, 0.5) is 0 Å². The summed E-state index contributed by atoms with van der Waals surface area (Å²) in [6, 6.07) is 5.30. The van der Waals surface area contributed by atoms with Crippen molar-refractivity contribution in [2.75, 3.05) is 0 Å². The fraction of sp³-hybridized carbons (Fsp3) is 0. The lowest BCUT2D eigenvalue weighted by Crippen LogP contribution is -2.17. The normalized spacial score (nSPS) is 10.6. The first kappa shape index (κ1) is 11.9. The van der Waals surface area contributed by atoms with Crippen molar-refractivity contribution in [1.82, 2.24) is 10.4 Å². The Bertz CT molecular complexity index is 539. The van der Waals surface area contributed by atoms with E-state index in [0.717, 1.165) is 9.35 Å². The molecule has 6 heteroatoms. The molecule has 86 valence electrons. The number of nitrogens with zero attached hydrogens (tertiary/aromatic N) is 2. The lowest BCUT2D eigenvalue weighted by molar-refractivity contribution is 0.0955. The van der Waals surface area contributed by atoms with Gasteiger partial charge in [-0.1, -0.05) is 0 Å². The number of pyridine rings is 1. The number of rotatable bonds is 3. The number of hydrogen-bond donors (Lipinski definition) is 1. The van der Waals surface area contributed by atoms with Crippen molar-refractivity contribution in [1.29, 1.82) is 0 Å². The second-order valence-corrected chi connectivity index (χ2v) is 4.97. The number of aromatic nitrogens is 1. The van der Waals surface area contributed by atoms with Gasteiger partial charge in [0.15, 0.2) is 0 Å². The first-order valence-corrected chi connectivity index (χ1v) is 6.40. The Hall–Kier alpha value is -1.53. The van der Waals surface area contributed by atoms with Gasteiger partial charge < -0.3 is 0 Å². The van der Waals surface area contributed by atoms with Crippen molar-refractivity contribution in [2.24, 2.45) is 5.10 Å². The summed E-state index contributed by atoms with van der Waals surface area (Å²) in [5.41, 5.74) is 2.92. The molecule has 0 aliphatic carbocycles. The maximum absolute atomic E-state index is 11.6. The molecule has 4 nitrogen and oxygen atoms in total. The Kier molecular flexibility index (Phi) is 4.00. The van der Waals surface area contributed by atoms with E-state index < -0.39 is 0 Å². The van der Waals surface area contributed by atoms with E-state index in [-0.39, 0.29) is 5.91 Å². The smallest absolute Gasteiger partial charge is 0.267 e. The van der Waals surface area contributed by atoms with Crippen LogP contribution in [0.5, 0.6) is 0 Å². The molecule has 0 aromatic carbocycles. The first-order valence-electron chi connectivity index (χ1n) is 4.73. The summed E-state index contributed by atoms with van der Waals surface area (Å²) >= 11 is 4.88. The number of halogens is 1. The molecule has 17 heavy (non-hydrogen) atoms. The van der Waals surface area contributed by atoms with Crippen LogP contribution in [0.3, 0.4) is 0 Å². The summed E-state index contributed by atoms with van der Waals surface area (Å²) < 4.78 is 1.00. The Morgan fingerprint density at radius 1 is 1.59 bits per heavy atom. The van der Waals surface area contributed by atoms with Crippen molar-refractivity contribution in [2.45, 2.75) is 0 Å². The molecular weight excluding hydrogens is 302 g/mol. The molecule has 0 bridgehead atoms. The molecule has 0 unspecified atom stereocenters. The zero-order chi connectivity index (χ0) is 12.1. The molecule has 0 aliphatic heterocycles. The second-order valence-electron chi connectivity index (χ2n) is 3.11. The average molecular weight is 310 g/mol. The first-order chi connectivity index (χ1) is 8.25. The van der Waals surface area contributed by atoms with E-state index >= 15 is 0 Å². The Labute approximate surface area is 111 Å². The molecule has 0 atom stereocenters. The molecule has 2 aromatic rings. The molecule has 2 heterocycles. The van der Waals surface area contributed by atoms with Crippen molar-refractivity contribution >= 4 is 39.4 Å². The SMILES string of the molecule is O=C(NN=Cc1cc(Br)cs1)c1cccnc1. The maximum Gasteiger partial charge on any atom is 0.272 e. The Morgan fingerprint density at radius 3 is 3.12 bits per heavy atom. The highest BCUT2D eigenvalue weighted by Gasteiger charge is 2.02. The fourth-order valence-corrected chi connectivity index (χ4v) is 2.42. The molecule has 0 fully saturated rings. The third-order valence-corrected chi connectivity index (χ3v) is 3.50. The molecule has 1 N–H and O–H groups in total. The molecule has 2 aromatic heterocycles. The van der Waals surface area contributed by atoms with Crippen molar-refractivity contribution < 1.29 is 4.79 Å². The monoisotopic (exact) mass is 309 g/mol. The number of thiophene rings is 1. The van der Waals surface area contributed by atoms with Crippen molar-refractivity contribution in [3.63, 3.8) is 0 Å². The van der Waals surface area contributed by atoms with E-state index in [4.69, 9.17) is 0 Å². The summed E-state index contributed by atoms with van der Waals surface area (Å²) in [6.07, 6.45) is 4.71. The van der Waals surface area contributed by atoms with Gasteiger partial charge in [-0.2, -0.15) is 5.10 Å². The van der Waals surface area contributed by atoms with Gasteiger partial charge in [-0.05, 0) is 34.1 Å². The van der Waals surface area contributed by atoms with Gasteiger partial charge >= 0.3 is 0 Å². The molecule has 0 radical (unpaired) electrons. The third-order valence-electron chi connectivity index (χ3n) is 1.87. The van der Waals surface area contributed by atoms with Gasteiger partial charge in [-0.25, -0.2) is 5.43 Å². The molecule has 1 amide bonds. The summed E-state index contributed by atoms with van der Waals surface area (Å²) in [5, 5.41) is 5.82. The quantitative estimate of drug-likeness (QED) is 0.700. The Morgan fingerprint density at radius 2 is 2.47 bits per heavy atom. The van der Waals surface area contributed by atoms with E-state index in [9.17, 15) is 4.79 Å². The van der Waals surface area contributed by atoms with Crippen LogP contribution in [-0.2, 0) is 0 Å². The van der Waals surface area contributed by atoms with Crippen LogP contribution >= 0.6 is 27.3 Å². The molecule has 0 saturated carbocycles. The van der Waals surface area contributed by atoms with E-state index in [0.29, 0.717) is 5.56 Å². The molecule has 0 spiro atoms. The van der Waals surface area contributed by atoms with Gasteiger partial charge in [0.05, 0.1) is 11.8 Å². The number of hydrogen-bond acceptors (Lipinski definition) is 4. The van der Waals surface area contributed by atoms with Gasteiger partial charge in [-0.3, -0.25) is 9.78 Å². The minimum Gasteiger partial charge on any atom is -0.267 e. The molecule has 0 saturated heterocycles. The van der Waals surface area contributed by atoms with Crippen LogP contribution in [0.2, 0.25) is 0 Å². The Balaban J connectivity index is 1.95. The zero-order valence-electron chi connectivity index (χ0n) is 8.63. The fourth-order valence-electron chi connectivity index (χ4n) is 1.11. The highest BCUT2D eigenvalue weighted by molar-refractivity contribution is 9.10. The van der Waals surface area contributed by atoms with Gasteiger partial charge in [0, 0.05) is 27.1 Å². The lowest BCUT2D eigenvalue weighted by Gasteiger charge is -1.97. The standard InChI is InChI=1S/C11H8BrN3OS/c12-9-4-10(17-7-9)6-14-15-11(16)8-2-1-3-13-5-8/h1-7H,(H,15,16). The van der Waals surface area contributed by atoms with E-state index in [1.165, 1.54) is 17.5 Å².